The van der Waals surface area contributed by atoms with Gasteiger partial charge in [0, 0.05) is 26.5 Å². The maximum absolute atomic E-state index is 11.9. The molecule has 0 N–H and O–H groups in total. The Morgan fingerprint density at radius 2 is 2.12 bits per heavy atom. The zero-order valence-electron chi connectivity index (χ0n) is 10.8. The van der Waals surface area contributed by atoms with Gasteiger partial charge in [0.05, 0.1) is 10.6 Å². The molecule has 0 aliphatic carbocycles. The number of thiophene rings is 1. The molecule has 5 heteroatoms. The lowest BCUT2D eigenvalue weighted by atomic mass is 10.1. The normalized spacial score (nSPS) is 11.4. The van der Waals surface area contributed by atoms with Crippen LogP contribution in [0.2, 0.25) is 0 Å². The fraction of sp³-hybridized carbons (Fsp3) is 0.500. The Kier molecular flexibility index (Phi) is 2.95. The first-order valence-electron chi connectivity index (χ1n) is 5.60. The molecule has 0 unspecified atom stereocenters. The van der Waals surface area contributed by atoms with E-state index >= 15 is 0 Å². The van der Waals surface area contributed by atoms with E-state index in [0.717, 1.165) is 20.8 Å². The number of carbonyl (C=O) groups excluding carboxylic acids is 1. The number of fused-ring (bicyclic) bond motifs is 1. The van der Waals surface area contributed by atoms with Crippen LogP contribution in [0.1, 0.15) is 35.1 Å². The lowest BCUT2D eigenvalue weighted by Gasteiger charge is -2.07. The maximum atomic E-state index is 11.9. The molecule has 0 aromatic carbocycles. The molecule has 0 saturated carbocycles. The molecule has 4 nitrogen and oxygen atoms in total. The van der Waals surface area contributed by atoms with Crippen molar-refractivity contribution < 1.29 is 4.79 Å². The summed E-state index contributed by atoms with van der Waals surface area (Å²) in [5, 5.41) is 5.61. The highest BCUT2D eigenvalue weighted by molar-refractivity contribution is 7.20. The van der Waals surface area contributed by atoms with E-state index in [0.29, 0.717) is 5.92 Å². The highest BCUT2D eigenvalue weighted by atomic mass is 32.1. The largest absolute Gasteiger partial charge is 0.344 e. The van der Waals surface area contributed by atoms with Gasteiger partial charge in [-0.05, 0) is 12.0 Å². The molecule has 1 amide bonds. The van der Waals surface area contributed by atoms with E-state index in [1.165, 1.54) is 11.3 Å². The summed E-state index contributed by atoms with van der Waals surface area (Å²) >= 11 is 1.51. The Labute approximate surface area is 105 Å². The number of hydrogen-bond donors (Lipinski definition) is 0. The first-order chi connectivity index (χ1) is 7.91. The maximum Gasteiger partial charge on any atom is 0.263 e. The molecule has 0 fully saturated rings. The number of nitrogens with zero attached hydrogens (tertiary/aromatic N) is 3. The van der Waals surface area contributed by atoms with E-state index in [4.69, 9.17) is 0 Å². The lowest BCUT2D eigenvalue weighted by Crippen LogP contribution is -2.20. The second kappa shape index (κ2) is 4.14. The second-order valence-electron chi connectivity index (χ2n) is 4.69. The van der Waals surface area contributed by atoms with Crippen LogP contribution >= 0.6 is 11.3 Å². The van der Waals surface area contributed by atoms with Gasteiger partial charge < -0.3 is 4.90 Å². The van der Waals surface area contributed by atoms with Crippen molar-refractivity contribution in [2.45, 2.75) is 19.8 Å². The molecule has 2 aromatic heterocycles. The molecule has 0 atom stereocenters. The van der Waals surface area contributed by atoms with Crippen molar-refractivity contribution in [3.8, 4) is 0 Å². The third-order valence-corrected chi connectivity index (χ3v) is 3.89. The fourth-order valence-electron chi connectivity index (χ4n) is 1.82. The third-order valence-electron chi connectivity index (χ3n) is 2.70. The molecule has 0 bridgehead atoms. The van der Waals surface area contributed by atoms with Gasteiger partial charge in [-0.1, -0.05) is 13.8 Å². The Morgan fingerprint density at radius 3 is 2.65 bits per heavy atom. The van der Waals surface area contributed by atoms with Gasteiger partial charge in [-0.15, -0.1) is 11.3 Å². The molecule has 2 heterocycles. The van der Waals surface area contributed by atoms with Crippen molar-refractivity contribution in [1.82, 2.24) is 14.7 Å². The summed E-state index contributed by atoms with van der Waals surface area (Å²) in [4.78, 5) is 15.4. The summed E-state index contributed by atoms with van der Waals surface area (Å²) in [7, 11) is 5.47. The second-order valence-corrected chi connectivity index (χ2v) is 5.72. The monoisotopic (exact) mass is 251 g/mol. The predicted molar refractivity (Wildman–Crippen MR) is 70.7 cm³/mol. The molecule has 0 spiro atoms. The first kappa shape index (κ1) is 12.1. The summed E-state index contributed by atoms with van der Waals surface area (Å²) in [6.45, 7) is 4.24. The Bertz CT molecular complexity index is 566. The van der Waals surface area contributed by atoms with Gasteiger partial charge >= 0.3 is 0 Å². The molecule has 92 valence electrons. The summed E-state index contributed by atoms with van der Waals surface area (Å²) < 4.78 is 1.86. The summed E-state index contributed by atoms with van der Waals surface area (Å²) in [5.74, 6) is 0.427. The highest BCUT2D eigenvalue weighted by Crippen LogP contribution is 2.31. The topological polar surface area (TPSA) is 38.1 Å². The van der Waals surface area contributed by atoms with Crippen molar-refractivity contribution in [2.75, 3.05) is 14.1 Å². The molecule has 0 aliphatic heterocycles. The smallest absolute Gasteiger partial charge is 0.263 e. The van der Waals surface area contributed by atoms with Gasteiger partial charge in [-0.2, -0.15) is 5.10 Å². The average molecular weight is 251 g/mol. The lowest BCUT2D eigenvalue weighted by molar-refractivity contribution is 0.0832. The van der Waals surface area contributed by atoms with Gasteiger partial charge in [0.2, 0.25) is 0 Å². The molecule has 0 saturated heterocycles. The number of aryl methyl sites for hydroxylation is 1. The van der Waals surface area contributed by atoms with Crippen LogP contribution in [0.4, 0.5) is 0 Å². The van der Waals surface area contributed by atoms with Crippen LogP contribution in [-0.4, -0.2) is 34.7 Å². The van der Waals surface area contributed by atoms with Crippen molar-refractivity contribution in [3.63, 3.8) is 0 Å². The molecule has 0 radical (unpaired) electrons. The van der Waals surface area contributed by atoms with E-state index in [2.05, 4.69) is 18.9 Å². The van der Waals surface area contributed by atoms with Crippen LogP contribution in [0, 0.1) is 0 Å². The Hall–Kier alpha value is -1.36. The van der Waals surface area contributed by atoms with Gasteiger partial charge in [-0.3, -0.25) is 9.48 Å². The van der Waals surface area contributed by atoms with Crippen LogP contribution in [0.5, 0.6) is 0 Å². The minimum Gasteiger partial charge on any atom is -0.344 e. The number of aromatic nitrogens is 2. The van der Waals surface area contributed by atoms with E-state index in [1.807, 2.05) is 17.8 Å². The quantitative estimate of drug-likeness (QED) is 0.822. The highest BCUT2D eigenvalue weighted by Gasteiger charge is 2.18. The van der Waals surface area contributed by atoms with Crippen LogP contribution < -0.4 is 0 Å². The number of rotatable bonds is 2. The standard InChI is InChI=1S/C12H17N3OS/c1-7(2)10-8-6-9(11(16)14(3)4)17-12(8)15(5)13-10/h6-7H,1-5H3. The van der Waals surface area contributed by atoms with Gasteiger partial charge in [-0.25, -0.2) is 0 Å². The molecule has 2 rings (SSSR count). The fourth-order valence-corrected chi connectivity index (χ4v) is 2.92. The zero-order chi connectivity index (χ0) is 12.7. The number of carbonyl (C=O) groups is 1. The minimum atomic E-state index is 0.0564. The van der Waals surface area contributed by atoms with Crippen molar-refractivity contribution in [3.05, 3.63) is 16.6 Å². The molecule has 2 aromatic rings. The molecular formula is C12H17N3OS. The van der Waals surface area contributed by atoms with Crippen molar-refractivity contribution >= 4 is 27.5 Å². The van der Waals surface area contributed by atoms with E-state index in [9.17, 15) is 4.79 Å². The minimum absolute atomic E-state index is 0.0564. The van der Waals surface area contributed by atoms with Crippen molar-refractivity contribution in [2.24, 2.45) is 7.05 Å². The van der Waals surface area contributed by atoms with Crippen LogP contribution in [0.25, 0.3) is 10.2 Å². The number of amides is 1. The van der Waals surface area contributed by atoms with E-state index in [1.54, 1.807) is 19.0 Å². The first-order valence-corrected chi connectivity index (χ1v) is 6.41. The summed E-state index contributed by atoms with van der Waals surface area (Å²) in [5.41, 5.74) is 1.07. The van der Waals surface area contributed by atoms with Crippen LogP contribution in [0.3, 0.4) is 0 Å². The van der Waals surface area contributed by atoms with Crippen molar-refractivity contribution in [1.29, 1.82) is 0 Å². The molecular weight excluding hydrogens is 234 g/mol. The number of hydrogen-bond acceptors (Lipinski definition) is 3. The van der Waals surface area contributed by atoms with Gasteiger partial charge in [0.1, 0.15) is 4.83 Å². The third kappa shape index (κ3) is 1.95. The predicted octanol–water partition coefficient (Wildman–Crippen LogP) is 2.46. The Morgan fingerprint density at radius 1 is 1.47 bits per heavy atom. The Balaban J connectivity index is 2.58. The molecule has 17 heavy (non-hydrogen) atoms. The van der Waals surface area contributed by atoms with E-state index in [-0.39, 0.29) is 5.91 Å². The SMILES string of the molecule is CC(C)c1nn(C)c2sc(C(=O)N(C)C)cc12. The van der Waals surface area contributed by atoms with Gasteiger partial charge in [0.15, 0.2) is 0 Å². The average Bonchev–Trinajstić information content (AvgIpc) is 2.78. The molecule has 0 aliphatic rings. The zero-order valence-corrected chi connectivity index (χ0v) is 11.6. The van der Waals surface area contributed by atoms with Crippen LogP contribution in [0.15, 0.2) is 6.07 Å². The van der Waals surface area contributed by atoms with Gasteiger partial charge in [0.25, 0.3) is 5.91 Å². The van der Waals surface area contributed by atoms with Crippen LogP contribution in [-0.2, 0) is 7.05 Å². The summed E-state index contributed by atoms with van der Waals surface area (Å²) in [6, 6.07) is 1.96. The van der Waals surface area contributed by atoms with E-state index < -0.39 is 0 Å². The summed E-state index contributed by atoms with van der Waals surface area (Å²) in [6.07, 6.45) is 0.